The van der Waals surface area contributed by atoms with Crippen molar-refractivity contribution in [3.05, 3.63) is 35.9 Å². The number of amides is 1. The molecule has 1 aliphatic heterocycles. The maximum Gasteiger partial charge on any atom is 0.282 e. The predicted octanol–water partition coefficient (Wildman–Crippen LogP) is 0.313. The number of rotatable bonds is 5. The third-order valence-corrected chi connectivity index (χ3v) is 5.42. The molecule has 1 aromatic carbocycles. The van der Waals surface area contributed by atoms with Crippen molar-refractivity contribution in [2.24, 2.45) is 5.73 Å². The molecule has 0 radical (unpaired) electrons. The summed E-state index contributed by atoms with van der Waals surface area (Å²) in [6.07, 6.45) is 1.15. The molecule has 1 saturated heterocycles. The van der Waals surface area contributed by atoms with Crippen LogP contribution in [0, 0.1) is 0 Å². The molecule has 1 aromatic rings. The number of primary amides is 1. The van der Waals surface area contributed by atoms with Crippen LogP contribution in [0.3, 0.4) is 0 Å². The summed E-state index contributed by atoms with van der Waals surface area (Å²) in [5, 5.41) is 0. The van der Waals surface area contributed by atoms with Crippen LogP contribution in [-0.4, -0.2) is 42.6 Å². The number of nitrogens with two attached hydrogens (primary N) is 1. The summed E-state index contributed by atoms with van der Waals surface area (Å²) < 4.78 is 27.5. The van der Waals surface area contributed by atoms with E-state index in [0.29, 0.717) is 19.4 Å². The van der Waals surface area contributed by atoms with Crippen LogP contribution in [-0.2, 0) is 21.5 Å². The molecular formula is C13H19N3O3S. The highest BCUT2D eigenvalue weighted by Crippen LogP contribution is 2.23. The van der Waals surface area contributed by atoms with Crippen LogP contribution >= 0.6 is 0 Å². The molecule has 110 valence electrons. The van der Waals surface area contributed by atoms with Crippen LogP contribution < -0.4 is 5.73 Å². The quantitative estimate of drug-likeness (QED) is 0.849. The first-order valence-corrected chi connectivity index (χ1v) is 7.89. The average Bonchev–Trinajstić information content (AvgIpc) is 2.89. The van der Waals surface area contributed by atoms with Gasteiger partial charge in [-0.3, -0.25) is 4.79 Å². The number of hydrogen-bond donors (Lipinski definition) is 1. The molecule has 0 spiro atoms. The molecule has 1 amide bonds. The van der Waals surface area contributed by atoms with Gasteiger partial charge in [-0.25, -0.2) is 0 Å². The van der Waals surface area contributed by atoms with Gasteiger partial charge >= 0.3 is 0 Å². The van der Waals surface area contributed by atoms with E-state index in [1.165, 1.54) is 15.7 Å². The first kappa shape index (κ1) is 15.0. The summed E-state index contributed by atoms with van der Waals surface area (Å²) in [5.74, 6) is -0.584. The van der Waals surface area contributed by atoms with E-state index in [1.54, 1.807) is 0 Å². The summed E-state index contributed by atoms with van der Waals surface area (Å²) in [4.78, 5) is 11.3. The van der Waals surface area contributed by atoms with Crippen molar-refractivity contribution >= 4 is 16.1 Å². The van der Waals surface area contributed by atoms with E-state index in [-0.39, 0.29) is 6.54 Å². The summed E-state index contributed by atoms with van der Waals surface area (Å²) in [5.41, 5.74) is 6.17. The number of nitrogens with zero attached hydrogens (tertiary/aromatic N) is 2. The summed E-state index contributed by atoms with van der Waals surface area (Å²) in [6, 6.07) is 8.60. The standard InChI is InChI=1S/C13H19N3O3S/c1-15(10-11-6-3-2-4-7-11)20(18,19)16-9-5-8-12(16)13(14)17/h2-4,6-7,12H,5,8-10H2,1H3,(H2,14,17). The normalized spacial score (nSPS) is 20.4. The lowest BCUT2D eigenvalue weighted by atomic mass is 10.2. The van der Waals surface area contributed by atoms with Gasteiger partial charge in [0.25, 0.3) is 10.2 Å². The highest BCUT2D eigenvalue weighted by molar-refractivity contribution is 7.86. The molecule has 1 atom stereocenters. The molecule has 1 aliphatic rings. The Hall–Kier alpha value is -1.44. The van der Waals surface area contributed by atoms with Crippen molar-refractivity contribution in [3.63, 3.8) is 0 Å². The summed E-state index contributed by atoms with van der Waals surface area (Å²) >= 11 is 0. The topological polar surface area (TPSA) is 83.7 Å². The Bertz CT molecular complexity index is 574. The van der Waals surface area contributed by atoms with Crippen molar-refractivity contribution in [1.82, 2.24) is 8.61 Å². The molecule has 0 saturated carbocycles. The molecule has 1 unspecified atom stereocenters. The Morgan fingerprint density at radius 2 is 2.05 bits per heavy atom. The lowest BCUT2D eigenvalue weighted by Crippen LogP contribution is -2.48. The number of carbonyl (C=O) groups excluding carboxylic acids is 1. The molecule has 2 N–H and O–H groups in total. The third-order valence-electron chi connectivity index (χ3n) is 3.47. The highest BCUT2D eigenvalue weighted by Gasteiger charge is 2.39. The van der Waals surface area contributed by atoms with Gasteiger partial charge in [-0.1, -0.05) is 30.3 Å². The molecular weight excluding hydrogens is 278 g/mol. The Morgan fingerprint density at radius 3 is 2.65 bits per heavy atom. The van der Waals surface area contributed by atoms with Crippen LogP contribution in [0.5, 0.6) is 0 Å². The van der Waals surface area contributed by atoms with Crippen molar-refractivity contribution in [3.8, 4) is 0 Å². The summed E-state index contributed by atoms with van der Waals surface area (Å²) in [6.45, 7) is 0.611. The van der Waals surface area contributed by atoms with E-state index < -0.39 is 22.2 Å². The van der Waals surface area contributed by atoms with Gasteiger partial charge < -0.3 is 5.73 Å². The Kier molecular flexibility index (Phi) is 4.42. The van der Waals surface area contributed by atoms with Gasteiger partial charge in [-0.15, -0.1) is 0 Å². The van der Waals surface area contributed by atoms with Gasteiger partial charge in [-0.2, -0.15) is 17.0 Å². The van der Waals surface area contributed by atoms with Gasteiger partial charge in [-0.05, 0) is 18.4 Å². The van der Waals surface area contributed by atoms with Gasteiger partial charge in [0, 0.05) is 20.1 Å². The minimum Gasteiger partial charge on any atom is -0.368 e. The molecule has 2 rings (SSSR count). The Balaban J connectivity index is 2.15. The molecule has 6 nitrogen and oxygen atoms in total. The second kappa shape index (κ2) is 5.90. The molecule has 0 aliphatic carbocycles. The molecule has 7 heteroatoms. The second-order valence-electron chi connectivity index (χ2n) is 4.92. The Morgan fingerprint density at radius 1 is 1.40 bits per heavy atom. The zero-order valence-electron chi connectivity index (χ0n) is 11.4. The van der Waals surface area contributed by atoms with Gasteiger partial charge in [0.05, 0.1) is 0 Å². The van der Waals surface area contributed by atoms with Gasteiger partial charge in [0.1, 0.15) is 6.04 Å². The largest absolute Gasteiger partial charge is 0.368 e. The van der Waals surface area contributed by atoms with Crippen molar-refractivity contribution in [1.29, 1.82) is 0 Å². The van der Waals surface area contributed by atoms with Crippen LogP contribution in [0.25, 0.3) is 0 Å². The SMILES string of the molecule is CN(Cc1ccccc1)S(=O)(=O)N1CCCC1C(N)=O. The zero-order chi connectivity index (χ0) is 14.8. The van der Waals surface area contributed by atoms with E-state index in [4.69, 9.17) is 5.73 Å². The molecule has 20 heavy (non-hydrogen) atoms. The van der Waals surface area contributed by atoms with E-state index >= 15 is 0 Å². The molecule has 1 heterocycles. The number of carbonyl (C=O) groups is 1. The van der Waals surface area contributed by atoms with Gasteiger partial charge in [0.2, 0.25) is 5.91 Å². The van der Waals surface area contributed by atoms with Crippen molar-refractivity contribution in [2.45, 2.75) is 25.4 Å². The number of benzene rings is 1. The fourth-order valence-electron chi connectivity index (χ4n) is 2.40. The number of hydrogen-bond acceptors (Lipinski definition) is 3. The molecule has 0 aromatic heterocycles. The zero-order valence-corrected chi connectivity index (χ0v) is 12.2. The van der Waals surface area contributed by atoms with Crippen molar-refractivity contribution in [2.75, 3.05) is 13.6 Å². The van der Waals surface area contributed by atoms with E-state index in [0.717, 1.165) is 5.56 Å². The molecule has 0 bridgehead atoms. The monoisotopic (exact) mass is 297 g/mol. The van der Waals surface area contributed by atoms with E-state index in [1.807, 2.05) is 30.3 Å². The first-order chi connectivity index (χ1) is 9.43. The highest BCUT2D eigenvalue weighted by atomic mass is 32.2. The van der Waals surface area contributed by atoms with Crippen LogP contribution in [0.15, 0.2) is 30.3 Å². The second-order valence-corrected chi connectivity index (χ2v) is 6.91. The Labute approximate surface area is 119 Å². The third kappa shape index (κ3) is 3.00. The maximum atomic E-state index is 12.5. The van der Waals surface area contributed by atoms with Crippen LogP contribution in [0.2, 0.25) is 0 Å². The molecule has 1 fully saturated rings. The van der Waals surface area contributed by atoms with Crippen LogP contribution in [0.4, 0.5) is 0 Å². The van der Waals surface area contributed by atoms with E-state index in [2.05, 4.69) is 0 Å². The summed E-state index contributed by atoms with van der Waals surface area (Å²) in [7, 11) is -2.15. The van der Waals surface area contributed by atoms with Crippen LogP contribution in [0.1, 0.15) is 18.4 Å². The van der Waals surface area contributed by atoms with E-state index in [9.17, 15) is 13.2 Å². The predicted molar refractivity (Wildman–Crippen MR) is 75.8 cm³/mol. The first-order valence-electron chi connectivity index (χ1n) is 6.49. The van der Waals surface area contributed by atoms with Crippen molar-refractivity contribution < 1.29 is 13.2 Å². The maximum absolute atomic E-state index is 12.5. The van der Waals surface area contributed by atoms with Gasteiger partial charge in [0.15, 0.2) is 0 Å². The lowest BCUT2D eigenvalue weighted by molar-refractivity contribution is -0.121. The smallest absolute Gasteiger partial charge is 0.282 e. The fraction of sp³-hybridized carbons (Fsp3) is 0.462. The average molecular weight is 297 g/mol. The minimum atomic E-state index is -3.67. The lowest BCUT2D eigenvalue weighted by Gasteiger charge is -2.27. The minimum absolute atomic E-state index is 0.269. The fourth-order valence-corrected chi connectivity index (χ4v) is 3.96.